The molecule has 4 nitrogen and oxygen atoms in total. The SMILES string of the molecule is C=CC(=O)CCC(CCC(=O)C=C)CNC(=O)C=C. The van der Waals surface area contributed by atoms with Gasteiger partial charge >= 0.3 is 0 Å². The molecular formula is C15H21NO3. The molecule has 104 valence electrons. The van der Waals surface area contributed by atoms with Crippen LogP contribution < -0.4 is 5.32 Å². The summed E-state index contributed by atoms with van der Waals surface area (Å²) in [6.07, 6.45) is 5.75. The van der Waals surface area contributed by atoms with E-state index in [-0.39, 0.29) is 23.4 Å². The summed E-state index contributed by atoms with van der Waals surface area (Å²) >= 11 is 0. The standard InChI is InChI=1S/C15H21NO3/c1-4-13(17)9-7-12(8-10-14(18)5-2)11-16-15(19)6-3/h4-6,12H,1-3,7-11H2,(H,16,19). The second-order valence-corrected chi connectivity index (χ2v) is 4.23. The van der Waals surface area contributed by atoms with Crippen molar-refractivity contribution in [1.82, 2.24) is 5.32 Å². The molecule has 0 saturated carbocycles. The minimum Gasteiger partial charge on any atom is -0.352 e. The Morgan fingerprint density at radius 1 is 0.895 bits per heavy atom. The first-order chi connectivity index (χ1) is 9.03. The lowest BCUT2D eigenvalue weighted by atomic mass is 9.95. The summed E-state index contributed by atoms with van der Waals surface area (Å²) in [5, 5.41) is 2.68. The highest BCUT2D eigenvalue weighted by molar-refractivity contribution is 5.89. The van der Waals surface area contributed by atoms with Gasteiger partial charge in [0, 0.05) is 19.4 Å². The number of amides is 1. The lowest BCUT2D eigenvalue weighted by molar-refractivity contribution is -0.116. The summed E-state index contributed by atoms with van der Waals surface area (Å²) in [6, 6.07) is 0. The van der Waals surface area contributed by atoms with Crippen LogP contribution in [-0.4, -0.2) is 24.0 Å². The lowest BCUT2D eigenvalue weighted by Crippen LogP contribution is -2.28. The van der Waals surface area contributed by atoms with E-state index >= 15 is 0 Å². The van der Waals surface area contributed by atoms with Crippen LogP contribution in [-0.2, 0) is 14.4 Å². The molecule has 4 heteroatoms. The maximum atomic E-state index is 11.2. The van der Waals surface area contributed by atoms with Crippen molar-refractivity contribution < 1.29 is 14.4 Å². The number of allylic oxidation sites excluding steroid dienone is 2. The molecule has 0 aliphatic rings. The topological polar surface area (TPSA) is 63.2 Å². The van der Waals surface area contributed by atoms with Gasteiger partial charge in [-0.1, -0.05) is 19.7 Å². The van der Waals surface area contributed by atoms with E-state index < -0.39 is 0 Å². The summed E-state index contributed by atoms with van der Waals surface area (Å²) in [7, 11) is 0. The van der Waals surface area contributed by atoms with Crippen molar-refractivity contribution in [2.75, 3.05) is 6.54 Å². The van der Waals surface area contributed by atoms with E-state index in [4.69, 9.17) is 0 Å². The molecule has 0 fully saturated rings. The van der Waals surface area contributed by atoms with Crippen LogP contribution in [0, 0.1) is 5.92 Å². The highest BCUT2D eigenvalue weighted by Gasteiger charge is 2.12. The normalized spacial score (nSPS) is 9.74. The number of nitrogens with one attached hydrogen (secondary N) is 1. The third kappa shape index (κ3) is 8.71. The molecule has 0 aromatic rings. The molecule has 0 aromatic carbocycles. The largest absolute Gasteiger partial charge is 0.352 e. The van der Waals surface area contributed by atoms with Crippen LogP contribution in [0.1, 0.15) is 25.7 Å². The first-order valence-corrected chi connectivity index (χ1v) is 6.24. The summed E-state index contributed by atoms with van der Waals surface area (Å²) in [5.41, 5.74) is 0. The van der Waals surface area contributed by atoms with Crippen molar-refractivity contribution in [2.45, 2.75) is 25.7 Å². The van der Waals surface area contributed by atoms with Gasteiger partial charge in [-0.15, -0.1) is 0 Å². The van der Waals surface area contributed by atoms with Crippen molar-refractivity contribution >= 4 is 17.5 Å². The monoisotopic (exact) mass is 263 g/mol. The van der Waals surface area contributed by atoms with Gasteiger partial charge in [0.05, 0.1) is 0 Å². The molecule has 0 atom stereocenters. The van der Waals surface area contributed by atoms with E-state index in [1.807, 2.05) is 0 Å². The molecule has 0 aliphatic carbocycles. The Bertz CT molecular complexity index is 315. The van der Waals surface area contributed by atoms with Crippen LogP contribution in [0.4, 0.5) is 0 Å². The number of carbonyl (C=O) groups excluding carboxylic acids is 3. The molecule has 1 amide bonds. The molecule has 0 spiro atoms. The maximum Gasteiger partial charge on any atom is 0.243 e. The zero-order valence-corrected chi connectivity index (χ0v) is 11.2. The third-order valence-corrected chi connectivity index (χ3v) is 2.80. The molecule has 0 heterocycles. The van der Waals surface area contributed by atoms with Gasteiger partial charge in [0.25, 0.3) is 0 Å². The van der Waals surface area contributed by atoms with Gasteiger partial charge in [0.15, 0.2) is 11.6 Å². The Morgan fingerprint density at radius 2 is 1.37 bits per heavy atom. The lowest BCUT2D eigenvalue weighted by Gasteiger charge is -2.15. The van der Waals surface area contributed by atoms with E-state index in [9.17, 15) is 14.4 Å². The van der Waals surface area contributed by atoms with Gasteiger partial charge in [0.2, 0.25) is 5.91 Å². The Hall–Kier alpha value is -1.97. The van der Waals surface area contributed by atoms with Crippen LogP contribution in [0.2, 0.25) is 0 Å². The second kappa shape index (κ2) is 10.00. The van der Waals surface area contributed by atoms with Crippen LogP contribution in [0.15, 0.2) is 38.0 Å². The Kier molecular flexibility index (Phi) is 8.96. The molecular weight excluding hydrogens is 242 g/mol. The van der Waals surface area contributed by atoms with Crippen molar-refractivity contribution in [1.29, 1.82) is 0 Å². The molecule has 0 bridgehead atoms. The van der Waals surface area contributed by atoms with Crippen LogP contribution in [0.5, 0.6) is 0 Å². The Labute approximate surface area is 114 Å². The average molecular weight is 263 g/mol. The van der Waals surface area contributed by atoms with Gasteiger partial charge in [-0.25, -0.2) is 0 Å². The van der Waals surface area contributed by atoms with Gasteiger partial charge < -0.3 is 5.32 Å². The zero-order chi connectivity index (χ0) is 14.7. The van der Waals surface area contributed by atoms with Crippen molar-refractivity contribution in [3.05, 3.63) is 38.0 Å². The van der Waals surface area contributed by atoms with Crippen molar-refractivity contribution in [3.63, 3.8) is 0 Å². The van der Waals surface area contributed by atoms with Crippen molar-refractivity contribution in [3.8, 4) is 0 Å². The molecule has 1 N–H and O–H groups in total. The quantitative estimate of drug-likeness (QED) is 0.580. The van der Waals surface area contributed by atoms with E-state index in [1.54, 1.807) is 0 Å². The number of carbonyl (C=O) groups is 3. The second-order valence-electron chi connectivity index (χ2n) is 4.23. The van der Waals surface area contributed by atoms with Crippen LogP contribution in [0.25, 0.3) is 0 Å². The number of hydrogen-bond donors (Lipinski definition) is 1. The Morgan fingerprint density at radius 3 is 1.74 bits per heavy atom. The fourth-order valence-corrected chi connectivity index (χ4v) is 1.56. The smallest absolute Gasteiger partial charge is 0.243 e. The average Bonchev–Trinajstić information content (AvgIpc) is 2.44. The number of rotatable bonds is 11. The fraction of sp³-hybridized carbons (Fsp3) is 0.400. The van der Waals surface area contributed by atoms with E-state index in [1.165, 1.54) is 18.2 Å². The van der Waals surface area contributed by atoms with E-state index in [0.717, 1.165) is 0 Å². The van der Waals surface area contributed by atoms with Gasteiger partial charge in [-0.3, -0.25) is 14.4 Å². The fourth-order valence-electron chi connectivity index (χ4n) is 1.56. The van der Waals surface area contributed by atoms with E-state index in [2.05, 4.69) is 25.1 Å². The minimum absolute atomic E-state index is 0.0323. The molecule has 19 heavy (non-hydrogen) atoms. The summed E-state index contributed by atoms with van der Waals surface area (Å²) in [6.45, 7) is 10.6. The molecule has 0 unspecified atom stereocenters. The van der Waals surface area contributed by atoms with E-state index in [0.29, 0.717) is 32.2 Å². The zero-order valence-electron chi connectivity index (χ0n) is 11.2. The molecule has 0 saturated heterocycles. The van der Waals surface area contributed by atoms with Crippen LogP contribution >= 0.6 is 0 Å². The molecule has 0 radical (unpaired) electrons. The molecule has 0 rings (SSSR count). The summed E-state index contributed by atoms with van der Waals surface area (Å²) < 4.78 is 0. The summed E-state index contributed by atoms with van der Waals surface area (Å²) in [5.74, 6) is -0.239. The minimum atomic E-state index is -0.255. The molecule has 0 aromatic heterocycles. The Balaban J connectivity index is 4.27. The van der Waals surface area contributed by atoms with Gasteiger partial charge in [-0.2, -0.15) is 0 Å². The first-order valence-electron chi connectivity index (χ1n) is 6.24. The predicted octanol–water partition coefficient (Wildman–Crippen LogP) is 1.98. The van der Waals surface area contributed by atoms with Crippen molar-refractivity contribution in [2.24, 2.45) is 5.92 Å². The molecule has 0 aliphatic heterocycles. The number of hydrogen-bond acceptors (Lipinski definition) is 3. The highest BCUT2D eigenvalue weighted by atomic mass is 16.1. The number of ketones is 2. The van der Waals surface area contributed by atoms with Gasteiger partial charge in [-0.05, 0) is 37.0 Å². The summed E-state index contributed by atoms with van der Waals surface area (Å²) in [4.78, 5) is 33.5. The maximum absolute atomic E-state index is 11.2. The van der Waals surface area contributed by atoms with Gasteiger partial charge in [0.1, 0.15) is 0 Å². The highest BCUT2D eigenvalue weighted by Crippen LogP contribution is 2.14. The first kappa shape index (κ1) is 17.0. The third-order valence-electron chi connectivity index (χ3n) is 2.80. The van der Waals surface area contributed by atoms with Crippen LogP contribution in [0.3, 0.4) is 0 Å². The predicted molar refractivity (Wildman–Crippen MR) is 75.6 cm³/mol.